The number of ether oxygens (including phenoxy) is 1. The monoisotopic (exact) mass is 432 g/mol. The first kappa shape index (κ1) is 23.6. The van der Waals surface area contributed by atoms with Crippen molar-refractivity contribution in [3.63, 3.8) is 0 Å². The summed E-state index contributed by atoms with van der Waals surface area (Å²) in [6.45, 7) is 17.5. The molecule has 0 N–H and O–H groups in total. The number of rotatable bonds is 4. The fourth-order valence-electron chi connectivity index (χ4n) is 6.04. The van der Waals surface area contributed by atoms with Crippen molar-refractivity contribution in [3.05, 3.63) is 35.9 Å². The lowest BCUT2D eigenvalue weighted by Gasteiger charge is -2.42. The molecular formula is C26H41ClN2O. The Hall–Kier alpha value is -1.03. The number of hydrogen-bond acceptors (Lipinski definition) is 3. The van der Waals surface area contributed by atoms with Crippen molar-refractivity contribution in [1.29, 1.82) is 0 Å². The van der Waals surface area contributed by atoms with Crippen molar-refractivity contribution in [3.8, 4) is 0 Å². The van der Waals surface area contributed by atoms with E-state index in [0.29, 0.717) is 5.41 Å². The van der Waals surface area contributed by atoms with Crippen LogP contribution in [0.3, 0.4) is 0 Å². The molecule has 1 aliphatic carbocycles. The highest BCUT2D eigenvalue weighted by atomic mass is 35.5. The molecule has 0 saturated carbocycles. The summed E-state index contributed by atoms with van der Waals surface area (Å²) in [5, 5.41) is 0. The minimum atomic E-state index is 0. The van der Waals surface area contributed by atoms with Crippen molar-refractivity contribution in [1.82, 2.24) is 4.90 Å². The summed E-state index contributed by atoms with van der Waals surface area (Å²) in [5.74, 6) is 0.833. The van der Waals surface area contributed by atoms with E-state index in [2.05, 4.69) is 67.8 Å². The number of allylic oxidation sites excluding steroid dienone is 2. The Labute approximate surface area is 190 Å². The summed E-state index contributed by atoms with van der Waals surface area (Å²) in [5.41, 5.74) is 5.09. The van der Waals surface area contributed by atoms with Gasteiger partial charge < -0.3 is 9.64 Å². The Morgan fingerprint density at radius 3 is 2.30 bits per heavy atom. The van der Waals surface area contributed by atoms with E-state index in [1.807, 2.05) is 0 Å². The highest BCUT2D eigenvalue weighted by Gasteiger charge is 2.34. The predicted octanol–water partition coefficient (Wildman–Crippen LogP) is 5.89. The first-order valence-corrected chi connectivity index (χ1v) is 11.7. The van der Waals surface area contributed by atoms with Gasteiger partial charge in [-0.2, -0.15) is 0 Å². The number of nitrogens with zero attached hydrogens (tertiary/aromatic N) is 2. The number of benzene rings is 1. The Morgan fingerprint density at radius 2 is 1.63 bits per heavy atom. The molecule has 4 heteroatoms. The van der Waals surface area contributed by atoms with E-state index in [1.165, 1.54) is 56.6 Å². The SMILES string of the molecule is CC1(C)C=C(c2ccccc2N2CCN(CC3CCOCC3)CC2)CC(C)(C)C1.Cl. The second kappa shape index (κ2) is 9.63. The van der Waals surface area contributed by atoms with Crippen molar-refractivity contribution in [2.24, 2.45) is 16.7 Å². The standard InChI is InChI=1S/C26H40N2O.ClH/c1-25(2)17-22(18-26(3,4)20-25)23-7-5-6-8-24(23)28-13-11-27(12-14-28)19-21-9-15-29-16-10-21;/h5-8,17,21H,9-16,18-20H2,1-4H3;1H. The fraction of sp³-hybridized carbons (Fsp3) is 0.692. The van der Waals surface area contributed by atoms with Gasteiger partial charge >= 0.3 is 0 Å². The second-order valence-corrected chi connectivity index (χ2v) is 11.0. The largest absolute Gasteiger partial charge is 0.381 e. The van der Waals surface area contributed by atoms with E-state index >= 15 is 0 Å². The van der Waals surface area contributed by atoms with Crippen LogP contribution in [0.5, 0.6) is 0 Å². The molecule has 1 aromatic rings. The summed E-state index contributed by atoms with van der Waals surface area (Å²) in [4.78, 5) is 5.31. The minimum absolute atomic E-state index is 0. The second-order valence-electron chi connectivity index (χ2n) is 11.0. The molecule has 0 amide bonds. The average molecular weight is 433 g/mol. The highest BCUT2D eigenvalue weighted by molar-refractivity contribution is 5.85. The average Bonchev–Trinajstić information content (AvgIpc) is 2.67. The third kappa shape index (κ3) is 5.81. The van der Waals surface area contributed by atoms with Crippen molar-refractivity contribution in [2.45, 2.75) is 53.4 Å². The van der Waals surface area contributed by atoms with Crippen LogP contribution in [0, 0.1) is 16.7 Å². The zero-order chi connectivity index (χ0) is 20.5. The predicted molar refractivity (Wildman–Crippen MR) is 131 cm³/mol. The smallest absolute Gasteiger partial charge is 0.0469 e. The number of piperazine rings is 1. The molecule has 168 valence electrons. The Bertz CT molecular complexity index is 728. The Kier molecular flexibility index (Phi) is 7.58. The Morgan fingerprint density at radius 1 is 0.967 bits per heavy atom. The molecule has 0 spiro atoms. The maximum Gasteiger partial charge on any atom is 0.0469 e. The molecule has 2 aliphatic heterocycles. The molecule has 0 atom stereocenters. The van der Waals surface area contributed by atoms with Gasteiger partial charge in [-0.3, -0.25) is 4.90 Å². The van der Waals surface area contributed by atoms with Crippen molar-refractivity contribution < 1.29 is 4.74 Å². The quantitative estimate of drug-likeness (QED) is 0.590. The van der Waals surface area contributed by atoms with E-state index in [1.54, 1.807) is 5.57 Å². The lowest BCUT2D eigenvalue weighted by molar-refractivity contribution is 0.0517. The van der Waals surface area contributed by atoms with Gasteiger partial charge in [0.2, 0.25) is 0 Å². The molecule has 3 nitrogen and oxygen atoms in total. The first-order valence-electron chi connectivity index (χ1n) is 11.7. The van der Waals surface area contributed by atoms with Gasteiger partial charge in [-0.1, -0.05) is 52.0 Å². The van der Waals surface area contributed by atoms with Crippen LogP contribution in [0.4, 0.5) is 5.69 Å². The van der Waals surface area contributed by atoms with Crippen LogP contribution in [-0.2, 0) is 4.74 Å². The summed E-state index contributed by atoms with van der Waals surface area (Å²) in [6, 6.07) is 9.13. The molecular weight excluding hydrogens is 392 g/mol. The van der Waals surface area contributed by atoms with Crippen LogP contribution in [0.25, 0.3) is 5.57 Å². The van der Waals surface area contributed by atoms with Gasteiger partial charge in [-0.25, -0.2) is 0 Å². The van der Waals surface area contributed by atoms with E-state index < -0.39 is 0 Å². The van der Waals surface area contributed by atoms with Crippen LogP contribution < -0.4 is 4.90 Å². The van der Waals surface area contributed by atoms with E-state index in [9.17, 15) is 0 Å². The summed E-state index contributed by atoms with van der Waals surface area (Å²) in [7, 11) is 0. The normalized spacial score (nSPS) is 24.8. The van der Waals surface area contributed by atoms with Gasteiger partial charge in [0.25, 0.3) is 0 Å². The Balaban J connectivity index is 0.00000256. The fourth-order valence-corrected chi connectivity index (χ4v) is 6.04. The van der Waals surface area contributed by atoms with Gasteiger partial charge in [-0.15, -0.1) is 12.4 Å². The van der Waals surface area contributed by atoms with Gasteiger partial charge in [0.1, 0.15) is 0 Å². The van der Waals surface area contributed by atoms with Crippen molar-refractivity contribution >= 4 is 23.7 Å². The third-order valence-electron chi connectivity index (χ3n) is 6.99. The van der Waals surface area contributed by atoms with Crippen LogP contribution in [-0.4, -0.2) is 50.8 Å². The summed E-state index contributed by atoms with van der Waals surface area (Å²) < 4.78 is 5.53. The molecule has 2 fully saturated rings. The molecule has 2 heterocycles. The molecule has 30 heavy (non-hydrogen) atoms. The zero-order valence-corrected chi connectivity index (χ0v) is 20.3. The lowest BCUT2D eigenvalue weighted by atomic mass is 9.65. The van der Waals surface area contributed by atoms with E-state index in [0.717, 1.165) is 32.2 Å². The third-order valence-corrected chi connectivity index (χ3v) is 6.99. The summed E-state index contributed by atoms with van der Waals surface area (Å²) in [6.07, 6.45) is 7.47. The maximum absolute atomic E-state index is 5.53. The molecule has 0 aromatic heterocycles. The molecule has 0 unspecified atom stereocenters. The van der Waals surface area contributed by atoms with Gasteiger partial charge in [0, 0.05) is 57.2 Å². The van der Waals surface area contributed by atoms with Crippen LogP contribution in [0.1, 0.15) is 58.9 Å². The van der Waals surface area contributed by atoms with Gasteiger partial charge in [0.15, 0.2) is 0 Å². The van der Waals surface area contributed by atoms with Crippen LogP contribution in [0.15, 0.2) is 30.3 Å². The van der Waals surface area contributed by atoms with Crippen molar-refractivity contribution in [2.75, 3.05) is 50.8 Å². The minimum Gasteiger partial charge on any atom is -0.381 e. The molecule has 0 bridgehead atoms. The number of anilines is 1. The number of para-hydroxylation sites is 1. The van der Waals surface area contributed by atoms with E-state index in [-0.39, 0.29) is 17.8 Å². The number of halogens is 1. The zero-order valence-electron chi connectivity index (χ0n) is 19.5. The molecule has 0 radical (unpaired) electrons. The molecule has 3 aliphatic rings. The molecule has 4 rings (SSSR count). The number of hydrogen-bond donors (Lipinski definition) is 0. The highest BCUT2D eigenvalue weighted by Crippen LogP contribution is 2.48. The van der Waals surface area contributed by atoms with Gasteiger partial charge in [0.05, 0.1) is 0 Å². The molecule has 2 saturated heterocycles. The van der Waals surface area contributed by atoms with Gasteiger partial charge in [-0.05, 0) is 54.1 Å². The summed E-state index contributed by atoms with van der Waals surface area (Å²) >= 11 is 0. The molecule has 1 aromatic carbocycles. The van der Waals surface area contributed by atoms with Crippen LogP contribution in [0.2, 0.25) is 0 Å². The first-order chi connectivity index (χ1) is 13.8. The lowest BCUT2D eigenvalue weighted by Crippen LogP contribution is -2.48. The van der Waals surface area contributed by atoms with Crippen LogP contribution >= 0.6 is 12.4 Å². The maximum atomic E-state index is 5.53. The topological polar surface area (TPSA) is 15.7 Å². The van der Waals surface area contributed by atoms with E-state index in [4.69, 9.17) is 4.74 Å².